The van der Waals surface area contributed by atoms with Gasteiger partial charge >= 0.3 is 8.60 Å². The molecule has 100 valence electrons. The zero-order chi connectivity index (χ0) is 13.2. The van der Waals surface area contributed by atoms with E-state index in [1.54, 1.807) is 0 Å². The molecule has 1 fully saturated rings. The van der Waals surface area contributed by atoms with Gasteiger partial charge < -0.3 is 13.6 Å². The maximum atomic E-state index is 5.70. The second-order valence-corrected chi connectivity index (χ2v) is 6.90. The Bertz CT molecular complexity index is 377. The first-order valence-corrected chi connectivity index (χ1v) is 7.40. The summed E-state index contributed by atoms with van der Waals surface area (Å²) in [5, 5.41) is 0. The van der Waals surface area contributed by atoms with E-state index in [0.29, 0.717) is 19.1 Å². The van der Waals surface area contributed by atoms with E-state index in [2.05, 4.69) is 39.8 Å². The van der Waals surface area contributed by atoms with Gasteiger partial charge in [0.2, 0.25) is 0 Å². The monoisotopic (exact) mass is 268 g/mol. The third kappa shape index (κ3) is 3.68. The molecule has 1 aliphatic rings. The summed E-state index contributed by atoms with van der Waals surface area (Å²) in [6, 6.07) is 8.13. The summed E-state index contributed by atoms with van der Waals surface area (Å²) in [4.78, 5) is 0. The molecule has 0 unspecified atom stereocenters. The van der Waals surface area contributed by atoms with Crippen molar-refractivity contribution in [2.45, 2.75) is 33.6 Å². The van der Waals surface area contributed by atoms with Gasteiger partial charge in [-0.1, -0.05) is 39.8 Å². The largest absolute Gasteiger partial charge is 0.427 e. The van der Waals surface area contributed by atoms with E-state index in [4.69, 9.17) is 13.6 Å². The summed E-state index contributed by atoms with van der Waals surface area (Å²) in [7, 11) is -1.23. The van der Waals surface area contributed by atoms with Crippen molar-refractivity contribution in [3.8, 4) is 5.75 Å². The third-order valence-electron chi connectivity index (χ3n) is 2.85. The summed E-state index contributed by atoms with van der Waals surface area (Å²) in [6.45, 7) is 9.96. The van der Waals surface area contributed by atoms with Crippen molar-refractivity contribution in [2.75, 3.05) is 13.2 Å². The fourth-order valence-corrected chi connectivity index (χ4v) is 2.97. The van der Waals surface area contributed by atoms with Crippen LogP contribution >= 0.6 is 8.60 Å². The molecule has 0 atom stereocenters. The third-order valence-corrected chi connectivity index (χ3v) is 3.89. The van der Waals surface area contributed by atoms with Gasteiger partial charge in [-0.3, -0.25) is 0 Å². The maximum absolute atomic E-state index is 5.70. The van der Waals surface area contributed by atoms with E-state index in [0.717, 1.165) is 5.75 Å². The van der Waals surface area contributed by atoms with Gasteiger partial charge in [0.25, 0.3) is 0 Å². The lowest BCUT2D eigenvalue weighted by Crippen LogP contribution is -2.28. The molecule has 0 amide bonds. The molecule has 1 aromatic rings. The molecule has 0 spiro atoms. The molecule has 0 saturated carbocycles. The molecule has 0 aromatic heterocycles. The number of rotatable bonds is 3. The fourth-order valence-electron chi connectivity index (χ4n) is 1.59. The van der Waals surface area contributed by atoms with Gasteiger partial charge in [-0.05, 0) is 23.6 Å². The van der Waals surface area contributed by atoms with Crippen molar-refractivity contribution in [3.05, 3.63) is 29.8 Å². The maximum Gasteiger partial charge on any atom is 0.397 e. The van der Waals surface area contributed by atoms with E-state index in [1.807, 2.05) is 12.1 Å². The van der Waals surface area contributed by atoms with Crippen LogP contribution in [-0.2, 0) is 9.05 Å². The zero-order valence-electron chi connectivity index (χ0n) is 11.5. The van der Waals surface area contributed by atoms with Gasteiger partial charge in [0.05, 0.1) is 13.2 Å². The van der Waals surface area contributed by atoms with Crippen LogP contribution in [0.3, 0.4) is 0 Å². The Kier molecular flexibility index (Phi) is 4.26. The minimum Gasteiger partial charge on any atom is -0.427 e. The Balaban J connectivity index is 1.90. The van der Waals surface area contributed by atoms with E-state index in [9.17, 15) is 0 Å². The summed E-state index contributed by atoms with van der Waals surface area (Å²) in [5.41, 5.74) is 1.39. The van der Waals surface area contributed by atoms with Crippen LogP contribution in [0.5, 0.6) is 5.75 Å². The Morgan fingerprint density at radius 2 is 1.67 bits per heavy atom. The van der Waals surface area contributed by atoms with E-state index >= 15 is 0 Å². The van der Waals surface area contributed by atoms with Gasteiger partial charge in [0, 0.05) is 5.41 Å². The van der Waals surface area contributed by atoms with E-state index in [1.165, 1.54) is 5.56 Å². The highest BCUT2D eigenvalue weighted by Gasteiger charge is 2.31. The van der Waals surface area contributed by atoms with Crippen LogP contribution < -0.4 is 4.52 Å². The molecule has 1 aliphatic heterocycles. The minimum atomic E-state index is -1.23. The van der Waals surface area contributed by atoms with E-state index in [-0.39, 0.29) is 5.41 Å². The predicted molar refractivity (Wildman–Crippen MR) is 73.8 cm³/mol. The van der Waals surface area contributed by atoms with Crippen LogP contribution in [0.4, 0.5) is 0 Å². The number of hydrogen-bond donors (Lipinski definition) is 0. The van der Waals surface area contributed by atoms with Gasteiger partial charge in [0.15, 0.2) is 0 Å². The first-order chi connectivity index (χ1) is 8.46. The second-order valence-electron chi connectivity index (χ2n) is 5.75. The highest BCUT2D eigenvalue weighted by molar-refractivity contribution is 7.42. The van der Waals surface area contributed by atoms with Gasteiger partial charge in [-0.25, -0.2) is 0 Å². The average Bonchev–Trinajstić information content (AvgIpc) is 2.33. The molecular formula is C14H21O3P. The molecular weight excluding hydrogens is 247 g/mol. The molecule has 0 bridgehead atoms. The highest BCUT2D eigenvalue weighted by Crippen LogP contribution is 2.46. The molecule has 3 nitrogen and oxygen atoms in total. The Morgan fingerprint density at radius 1 is 1.11 bits per heavy atom. The minimum absolute atomic E-state index is 0.0870. The standard InChI is InChI=1S/C14H21O3P/c1-11(2)12-5-7-13(8-6-12)17-18-15-9-14(3,4)10-16-18/h5-8,11H,9-10H2,1-4H3. The molecule has 1 saturated heterocycles. The van der Waals surface area contributed by atoms with Crippen molar-refractivity contribution in [1.82, 2.24) is 0 Å². The summed E-state index contributed by atoms with van der Waals surface area (Å²) in [5.74, 6) is 1.35. The molecule has 0 radical (unpaired) electrons. The number of benzene rings is 1. The Hall–Kier alpha value is -0.630. The lowest BCUT2D eigenvalue weighted by atomic mass is 9.97. The van der Waals surface area contributed by atoms with Gasteiger partial charge in [-0.2, -0.15) is 0 Å². The summed E-state index contributed by atoms with van der Waals surface area (Å²) in [6.07, 6.45) is 0. The number of hydrogen-bond acceptors (Lipinski definition) is 3. The topological polar surface area (TPSA) is 27.7 Å². The first-order valence-electron chi connectivity index (χ1n) is 6.30. The first kappa shape index (κ1) is 13.8. The van der Waals surface area contributed by atoms with Crippen LogP contribution in [0.15, 0.2) is 24.3 Å². The highest BCUT2D eigenvalue weighted by atomic mass is 31.2. The van der Waals surface area contributed by atoms with Crippen LogP contribution in [-0.4, -0.2) is 13.2 Å². The van der Waals surface area contributed by atoms with Crippen molar-refractivity contribution in [1.29, 1.82) is 0 Å². The van der Waals surface area contributed by atoms with Gasteiger partial charge in [-0.15, -0.1) is 0 Å². The molecule has 4 heteroatoms. The molecule has 1 aromatic carbocycles. The van der Waals surface area contributed by atoms with Crippen LogP contribution in [0.2, 0.25) is 0 Å². The molecule has 1 heterocycles. The van der Waals surface area contributed by atoms with Crippen molar-refractivity contribution in [3.63, 3.8) is 0 Å². The molecule has 18 heavy (non-hydrogen) atoms. The van der Waals surface area contributed by atoms with Crippen LogP contribution in [0.1, 0.15) is 39.2 Å². The molecule has 2 rings (SSSR count). The second kappa shape index (κ2) is 5.56. The normalized spacial score (nSPS) is 20.1. The molecule has 0 aliphatic carbocycles. The fraction of sp³-hybridized carbons (Fsp3) is 0.571. The lowest BCUT2D eigenvalue weighted by molar-refractivity contribution is 0.0426. The Labute approximate surface area is 110 Å². The predicted octanol–water partition coefficient (Wildman–Crippen LogP) is 4.49. The zero-order valence-corrected chi connectivity index (χ0v) is 12.4. The van der Waals surface area contributed by atoms with Crippen molar-refractivity contribution < 1.29 is 13.6 Å². The smallest absolute Gasteiger partial charge is 0.397 e. The summed E-state index contributed by atoms with van der Waals surface area (Å²) >= 11 is 0. The van der Waals surface area contributed by atoms with Gasteiger partial charge in [0.1, 0.15) is 5.75 Å². The van der Waals surface area contributed by atoms with Crippen molar-refractivity contribution >= 4 is 8.60 Å². The average molecular weight is 268 g/mol. The van der Waals surface area contributed by atoms with Crippen LogP contribution in [0.25, 0.3) is 0 Å². The SMILES string of the molecule is CC(C)c1ccc(OP2OCC(C)(C)CO2)cc1. The molecule has 0 N–H and O–H groups in total. The lowest BCUT2D eigenvalue weighted by Gasteiger charge is -2.32. The van der Waals surface area contributed by atoms with Crippen molar-refractivity contribution in [2.24, 2.45) is 5.41 Å². The quantitative estimate of drug-likeness (QED) is 0.756. The summed E-state index contributed by atoms with van der Waals surface area (Å²) < 4.78 is 16.9. The van der Waals surface area contributed by atoms with Crippen LogP contribution in [0, 0.1) is 5.41 Å². The van der Waals surface area contributed by atoms with E-state index < -0.39 is 8.60 Å². The Morgan fingerprint density at radius 3 is 2.17 bits per heavy atom.